The first-order valence-corrected chi connectivity index (χ1v) is 7.71. The van der Waals surface area contributed by atoms with Crippen molar-refractivity contribution in [1.82, 2.24) is 5.32 Å². The maximum absolute atomic E-state index is 5.93. The van der Waals surface area contributed by atoms with Gasteiger partial charge in [0.1, 0.15) is 17.3 Å². The summed E-state index contributed by atoms with van der Waals surface area (Å²) in [6.07, 6.45) is 2.93. The van der Waals surface area contributed by atoms with Crippen molar-refractivity contribution in [3.8, 4) is 5.75 Å². The molecule has 0 amide bonds. The van der Waals surface area contributed by atoms with Gasteiger partial charge in [0, 0.05) is 6.42 Å². The number of nitrogens with one attached hydrogen (secondary N) is 1. The summed E-state index contributed by atoms with van der Waals surface area (Å²) in [6.45, 7) is 5.27. The van der Waals surface area contributed by atoms with Gasteiger partial charge in [0.25, 0.3) is 0 Å². The Balaban J connectivity index is 2.15. The molecule has 0 saturated carbocycles. The third kappa shape index (κ3) is 4.36. The van der Waals surface area contributed by atoms with Crippen LogP contribution in [0.5, 0.6) is 5.75 Å². The van der Waals surface area contributed by atoms with Crippen LogP contribution < -0.4 is 10.1 Å². The largest absolute Gasteiger partial charge is 0.497 e. The molecule has 0 bridgehead atoms. The maximum atomic E-state index is 5.93. The highest BCUT2D eigenvalue weighted by molar-refractivity contribution is 5.29. The topological polar surface area (TPSA) is 34.4 Å². The zero-order valence-corrected chi connectivity index (χ0v) is 13.2. The second-order valence-electron chi connectivity index (χ2n) is 5.22. The summed E-state index contributed by atoms with van der Waals surface area (Å²) in [6, 6.07) is 12.6. The molecule has 0 aliphatic rings. The van der Waals surface area contributed by atoms with E-state index in [1.165, 1.54) is 5.56 Å². The minimum atomic E-state index is 0.206. The molecule has 114 valence electrons. The Labute approximate surface area is 127 Å². The van der Waals surface area contributed by atoms with Crippen LogP contribution in [0.2, 0.25) is 0 Å². The van der Waals surface area contributed by atoms with Crippen LogP contribution in [0.1, 0.15) is 43.4 Å². The van der Waals surface area contributed by atoms with Crippen molar-refractivity contribution >= 4 is 0 Å². The Morgan fingerprint density at radius 2 is 2.05 bits per heavy atom. The highest BCUT2D eigenvalue weighted by atomic mass is 16.5. The van der Waals surface area contributed by atoms with Gasteiger partial charge in [0.15, 0.2) is 0 Å². The fraction of sp³-hybridized carbons (Fsp3) is 0.444. The van der Waals surface area contributed by atoms with E-state index in [0.717, 1.165) is 43.1 Å². The number of furan rings is 1. The van der Waals surface area contributed by atoms with Gasteiger partial charge in [-0.2, -0.15) is 0 Å². The monoisotopic (exact) mass is 287 g/mol. The number of rotatable bonds is 8. The summed E-state index contributed by atoms with van der Waals surface area (Å²) in [7, 11) is 1.70. The molecule has 21 heavy (non-hydrogen) atoms. The van der Waals surface area contributed by atoms with Crippen LogP contribution in [0, 0.1) is 0 Å². The van der Waals surface area contributed by atoms with E-state index in [4.69, 9.17) is 9.15 Å². The molecule has 1 unspecified atom stereocenters. The molecule has 3 heteroatoms. The second kappa shape index (κ2) is 7.89. The maximum Gasteiger partial charge on any atom is 0.121 e. The van der Waals surface area contributed by atoms with E-state index in [9.17, 15) is 0 Å². The molecule has 1 atom stereocenters. The smallest absolute Gasteiger partial charge is 0.121 e. The van der Waals surface area contributed by atoms with E-state index in [1.54, 1.807) is 7.11 Å². The lowest BCUT2D eigenvalue weighted by Gasteiger charge is -2.17. The zero-order chi connectivity index (χ0) is 15.1. The molecular weight excluding hydrogens is 262 g/mol. The first kappa shape index (κ1) is 15.6. The first-order valence-electron chi connectivity index (χ1n) is 7.71. The molecule has 0 spiro atoms. The molecule has 3 nitrogen and oxygen atoms in total. The third-order valence-electron chi connectivity index (χ3n) is 3.59. The van der Waals surface area contributed by atoms with Crippen molar-refractivity contribution < 1.29 is 9.15 Å². The van der Waals surface area contributed by atoms with E-state index in [2.05, 4.69) is 43.4 Å². The molecule has 0 aliphatic carbocycles. The Hall–Kier alpha value is -1.74. The van der Waals surface area contributed by atoms with Gasteiger partial charge < -0.3 is 14.5 Å². The van der Waals surface area contributed by atoms with Crippen molar-refractivity contribution in [3.05, 3.63) is 53.5 Å². The number of hydrogen-bond acceptors (Lipinski definition) is 3. The van der Waals surface area contributed by atoms with Crippen LogP contribution in [0.15, 0.2) is 40.8 Å². The van der Waals surface area contributed by atoms with Gasteiger partial charge in [-0.25, -0.2) is 0 Å². The van der Waals surface area contributed by atoms with Gasteiger partial charge in [0.2, 0.25) is 0 Å². The third-order valence-corrected chi connectivity index (χ3v) is 3.59. The number of ether oxygens (including phenoxy) is 1. The Kier molecular flexibility index (Phi) is 5.88. The normalized spacial score (nSPS) is 12.3. The van der Waals surface area contributed by atoms with Crippen LogP contribution in [0.25, 0.3) is 0 Å². The first-order chi connectivity index (χ1) is 10.3. The van der Waals surface area contributed by atoms with Crippen LogP contribution in [-0.4, -0.2) is 13.7 Å². The minimum Gasteiger partial charge on any atom is -0.497 e. The van der Waals surface area contributed by atoms with Gasteiger partial charge in [-0.05, 0) is 49.2 Å². The number of aryl methyl sites for hydroxylation is 1. The zero-order valence-electron chi connectivity index (χ0n) is 13.2. The molecule has 1 aromatic carbocycles. The molecule has 0 saturated heterocycles. The van der Waals surface area contributed by atoms with Crippen molar-refractivity contribution in [2.24, 2.45) is 0 Å². The molecule has 1 heterocycles. The SMILES string of the molecule is CCCNC(Cc1cccc(OC)c1)c1ccc(CC)o1. The fourth-order valence-corrected chi connectivity index (χ4v) is 2.40. The molecule has 0 radical (unpaired) electrons. The molecule has 1 N–H and O–H groups in total. The number of benzene rings is 1. The average molecular weight is 287 g/mol. The van der Waals surface area contributed by atoms with Gasteiger partial charge >= 0.3 is 0 Å². The van der Waals surface area contributed by atoms with E-state index in [-0.39, 0.29) is 6.04 Å². The van der Waals surface area contributed by atoms with E-state index in [0.29, 0.717) is 0 Å². The van der Waals surface area contributed by atoms with Gasteiger partial charge in [-0.1, -0.05) is 26.0 Å². The van der Waals surface area contributed by atoms with Gasteiger partial charge in [-0.3, -0.25) is 0 Å². The van der Waals surface area contributed by atoms with E-state index >= 15 is 0 Å². The Morgan fingerprint density at radius 3 is 2.71 bits per heavy atom. The van der Waals surface area contributed by atoms with Gasteiger partial charge in [-0.15, -0.1) is 0 Å². The summed E-state index contributed by atoms with van der Waals surface area (Å²) in [4.78, 5) is 0. The Morgan fingerprint density at radius 1 is 1.19 bits per heavy atom. The predicted octanol–water partition coefficient (Wildman–Crippen LogP) is 4.13. The lowest BCUT2D eigenvalue weighted by Crippen LogP contribution is -2.23. The van der Waals surface area contributed by atoms with E-state index < -0.39 is 0 Å². The summed E-state index contributed by atoms with van der Waals surface area (Å²) < 4.78 is 11.2. The van der Waals surface area contributed by atoms with Crippen LogP contribution in [0.3, 0.4) is 0 Å². The van der Waals surface area contributed by atoms with Crippen molar-refractivity contribution in [1.29, 1.82) is 0 Å². The summed E-state index contributed by atoms with van der Waals surface area (Å²) >= 11 is 0. The lowest BCUT2D eigenvalue weighted by atomic mass is 10.0. The standard InChI is InChI=1S/C18H25NO2/c1-4-11-19-17(18-10-9-15(5-2)21-18)13-14-7-6-8-16(12-14)20-3/h6-10,12,17,19H,4-5,11,13H2,1-3H3. The highest BCUT2D eigenvalue weighted by Crippen LogP contribution is 2.23. The van der Waals surface area contributed by atoms with Crippen LogP contribution in [0.4, 0.5) is 0 Å². The van der Waals surface area contributed by atoms with Gasteiger partial charge in [0.05, 0.1) is 13.2 Å². The summed E-state index contributed by atoms with van der Waals surface area (Å²) in [5.74, 6) is 2.96. The fourth-order valence-electron chi connectivity index (χ4n) is 2.40. The van der Waals surface area contributed by atoms with Crippen molar-refractivity contribution in [2.75, 3.05) is 13.7 Å². The highest BCUT2D eigenvalue weighted by Gasteiger charge is 2.15. The summed E-state index contributed by atoms with van der Waals surface area (Å²) in [5, 5.41) is 3.57. The van der Waals surface area contributed by atoms with Crippen molar-refractivity contribution in [3.63, 3.8) is 0 Å². The quantitative estimate of drug-likeness (QED) is 0.792. The van der Waals surface area contributed by atoms with E-state index in [1.807, 2.05) is 12.1 Å². The Bertz CT molecular complexity index is 548. The lowest BCUT2D eigenvalue weighted by molar-refractivity contribution is 0.390. The number of methoxy groups -OCH3 is 1. The molecule has 0 aliphatic heterocycles. The molecule has 2 aromatic rings. The number of hydrogen-bond donors (Lipinski definition) is 1. The molecule has 0 fully saturated rings. The summed E-state index contributed by atoms with van der Waals surface area (Å²) in [5.41, 5.74) is 1.25. The van der Waals surface area contributed by atoms with Crippen LogP contribution >= 0.6 is 0 Å². The van der Waals surface area contributed by atoms with Crippen molar-refractivity contribution in [2.45, 2.75) is 39.2 Å². The molecule has 2 rings (SSSR count). The average Bonchev–Trinajstić information content (AvgIpc) is 3.00. The molecule has 1 aromatic heterocycles. The van der Waals surface area contributed by atoms with Crippen LogP contribution in [-0.2, 0) is 12.8 Å². The predicted molar refractivity (Wildman–Crippen MR) is 85.8 cm³/mol. The minimum absolute atomic E-state index is 0.206. The molecular formula is C18H25NO2. The second-order valence-corrected chi connectivity index (χ2v) is 5.22.